The van der Waals surface area contributed by atoms with Gasteiger partial charge in [-0.05, 0) is 26.3 Å². The van der Waals surface area contributed by atoms with Gasteiger partial charge in [-0.25, -0.2) is 4.39 Å². The molecule has 0 saturated carbocycles. The molecular formula is C14H17FN2O4. The Hall–Kier alpha value is -2.02. The number of ether oxygens (including phenoxy) is 1. The first kappa shape index (κ1) is 15.4. The van der Waals surface area contributed by atoms with Crippen molar-refractivity contribution in [3.05, 3.63) is 39.2 Å². The van der Waals surface area contributed by atoms with Gasteiger partial charge in [-0.2, -0.15) is 0 Å². The van der Waals surface area contributed by atoms with Crippen molar-refractivity contribution in [3.8, 4) is 0 Å². The van der Waals surface area contributed by atoms with Gasteiger partial charge in [-0.1, -0.05) is 0 Å². The highest BCUT2D eigenvalue weighted by molar-refractivity contribution is 5.96. The smallest absolute Gasteiger partial charge is 0.270 e. The van der Waals surface area contributed by atoms with Crippen LogP contribution in [0.1, 0.15) is 29.8 Å². The molecule has 2 rings (SSSR count). The maximum Gasteiger partial charge on any atom is 0.270 e. The van der Waals surface area contributed by atoms with Crippen molar-refractivity contribution in [2.75, 3.05) is 19.8 Å². The molecule has 1 aliphatic heterocycles. The summed E-state index contributed by atoms with van der Waals surface area (Å²) < 4.78 is 19.5. The highest BCUT2D eigenvalue weighted by atomic mass is 19.1. The van der Waals surface area contributed by atoms with Crippen LogP contribution < -0.4 is 0 Å². The van der Waals surface area contributed by atoms with Crippen molar-refractivity contribution in [1.82, 2.24) is 4.90 Å². The Morgan fingerprint density at radius 1 is 1.48 bits per heavy atom. The number of hydrogen-bond donors (Lipinski definition) is 0. The lowest BCUT2D eigenvalue weighted by atomic mass is 9.99. The molecule has 1 fully saturated rings. The van der Waals surface area contributed by atoms with E-state index in [-0.39, 0.29) is 16.8 Å². The van der Waals surface area contributed by atoms with Gasteiger partial charge >= 0.3 is 0 Å². The van der Waals surface area contributed by atoms with Crippen LogP contribution >= 0.6 is 0 Å². The predicted molar refractivity (Wildman–Crippen MR) is 73.7 cm³/mol. The first-order valence-electron chi connectivity index (χ1n) is 6.58. The number of carbonyl (C=O) groups is 1. The number of aryl methyl sites for hydroxylation is 1. The molecule has 21 heavy (non-hydrogen) atoms. The van der Waals surface area contributed by atoms with E-state index in [2.05, 4.69) is 0 Å². The maximum absolute atomic E-state index is 14.2. The van der Waals surface area contributed by atoms with E-state index >= 15 is 0 Å². The first-order valence-corrected chi connectivity index (χ1v) is 6.58. The lowest BCUT2D eigenvalue weighted by Crippen LogP contribution is -2.55. The number of amides is 1. The molecule has 7 heteroatoms. The van der Waals surface area contributed by atoms with Crippen LogP contribution in [0.25, 0.3) is 0 Å². The lowest BCUT2D eigenvalue weighted by Gasteiger charge is -2.42. The Balaban J connectivity index is 2.45. The molecule has 1 amide bonds. The number of nitrogens with zero attached hydrogens (tertiary/aromatic N) is 2. The lowest BCUT2D eigenvalue weighted by molar-refractivity contribution is -0.385. The molecule has 1 aliphatic rings. The molecule has 114 valence electrons. The molecular weight excluding hydrogens is 279 g/mol. The van der Waals surface area contributed by atoms with Crippen LogP contribution in [0.15, 0.2) is 12.1 Å². The van der Waals surface area contributed by atoms with Crippen LogP contribution in [-0.2, 0) is 4.74 Å². The van der Waals surface area contributed by atoms with Crippen LogP contribution in [0.2, 0.25) is 0 Å². The molecule has 0 spiro atoms. The monoisotopic (exact) mass is 296 g/mol. The number of rotatable bonds is 2. The summed E-state index contributed by atoms with van der Waals surface area (Å²) >= 11 is 0. The van der Waals surface area contributed by atoms with E-state index in [4.69, 9.17) is 4.74 Å². The third-order valence-corrected chi connectivity index (χ3v) is 3.57. The summed E-state index contributed by atoms with van der Waals surface area (Å²) in [5, 5.41) is 10.9. The summed E-state index contributed by atoms with van der Waals surface area (Å²) in [6.07, 6.45) is 0. The number of benzene rings is 1. The van der Waals surface area contributed by atoms with Gasteiger partial charge in [0.05, 0.1) is 29.2 Å². The zero-order valence-corrected chi connectivity index (χ0v) is 12.2. The number of morpholine rings is 1. The molecule has 1 heterocycles. The molecule has 1 saturated heterocycles. The number of non-ortho nitro benzene ring substituents is 1. The summed E-state index contributed by atoms with van der Waals surface area (Å²) in [6, 6.07) is 2.12. The Labute approximate surface area is 121 Å². The van der Waals surface area contributed by atoms with Gasteiger partial charge in [0.15, 0.2) is 0 Å². The third kappa shape index (κ3) is 2.87. The number of nitro benzene ring substituents is 1. The minimum Gasteiger partial charge on any atom is -0.377 e. The number of nitro groups is 1. The van der Waals surface area contributed by atoms with E-state index in [9.17, 15) is 19.3 Å². The van der Waals surface area contributed by atoms with Crippen LogP contribution in [0, 0.1) is 22.9 Å². The van der Waals surface area contributed by atoms with E-state index in [1.54, 1.807) is 0 Å². The Morgan fingerprint density at radius 2 is 2.14 bits per heavy atom. The standard InChI is InChI=1S/C14H17FN2O4/c1-9-6-10(17(19)20)7-11(12(9)15)13(18)16-4-5-21-8-14(16,2)3/h6-7H,4-5,8H2,1-3H3. The topological polar surface area (TPSA) is 72.7 Å². The van der Waals surface area contributed by atoms with Gasteiger partial charge in [0.2, 0.25) is 0 Å². The van der Waals surface area contributed by atoms with Crippen LogP contribution in [0.5, 0.6) is 0 Å². The fraction of sp³-hybridized carbons (Fsp3) is 0.500. The normalized spacial score (nSPS) is 17.6. The van der Waals surface area contributed by atoms with Crippen LogP contribution in [0.3, 0.4) is 0 Å². The molecule has 6 nitrogen and oxygen atoms in total. The van der Waals surface area contributed by atoms with E-state index in [0.29, 0.717) is 19.8 Å². The maximum atomic E-state index is 14.2. The minimum atomic E-state index is -0.715. The second-order valence-corrected chi connectivity index (χ2v) is 5.70. The van der Waals surface area contributed by atoms with Crippen LogP contribution in [-0.4, -0.2) is 41.0 Å². The van der Waals surface area contributed by atoms with Crippen molar-refractivity contribution >= 4 is 11.6 Å². The fourth-order valence-corrected chi connectivity index (χ4v) is 2.39. The molecule has 0 atom stereocenters. The quantitative estimate of drug-likeness (QED) is 0.620. The molecule has 0 aliphatic carbocycles. The Bertz CT molecular complexity index is 601. The number of halogens is 1. The van der Waals surface area contributed by atoms with E-state index in [0.717, 1.165) is 12.1 Å². The van der Waals surface area contributed by atoms with Crippen LogP contribution in [0.4, 0.5) is 10.1 Å². The largest absolute Gasteiger partial charge is 0.377 e. The molecule has 0 bridgehead atoms. The molecule has 0 radical (unpaired) electrons. The first-order chi connectivity index (χ1) is 9.74. The molecule has 1 aromatic rings. The number of carbonyl (C=O) groups excluding carboxylic acids is 1. The van der Waals surface area contributed by atoms with Crippen molar-refractivity contribution in [1.29, 1.82) is 0 Å². The summed E-state index contributed by atoms with van der Waals surface area (Å²) in [4.78, 5) is 24.3. The SMILES string of the molecule is Cc1cc([N+](=O)[O-])cc(C(=O)N2CCOCC2(C)C)c1F. The fourth-order valence-electron chi connectivity index (χ4n) is 2.39. The van der Waals surface area contributed by atoms with Gasteiger partial charge in [-0.3, -0.25) is 14.9 Å². The van der Waals surface area contributed by atoms with Gasteiger partial charge in [0.1, 0.15) is 5.82 Å². The zero-order chi connectivity index (χ0) is 15.8. The predicted octanol–water partition coefficient (Wildman–Crippen LogP) is 2.29. The molecule has 0 unspecified atom stereocenters. The molecule has 1 aromatic carbocycles. The highest BCUT2D eigenvalue weighted by Crippen LogP contribution is 2.26. The van der Waals surface area contributed by atoms with Gasteiger partial charge in [0.25, 0.3) is 11.6 Å². The van der Waals surface area contributed by atoms with Crippen molar-refractivity contribution in [2.45, 2.75) is 26.3 Å². The van der Waals surface area contributed by atoms with Gasteiger partial charge in [0, 0.05) is 18.7 Å². The van der Waals surface area contributed by atoms with Crippen molar-refractivity contribution < 1.29 is 18.8 Å². The number of hydrogen-bond acceptors (Lipinski definition) is 4. The summed E-state index contributed by atoms with van der Waals surface area (Å²) in [6.45, 7) is 6.06. The molecule has 0 aromatic heterocycles. The Kier molecular flexibility index (Phi) is 3.95. The second-order valence-electron chi connectivity index (χ2n) is 5.70. The van der Waals surface area contributed by atoms with E-state index < -0.39 is 22.2 Å². The summed E-state index contributed by atoms with van der Waals surface area (Å²) in [5.41, 5.74) is -1.06. The summed E-state index contributed by atoms with van der Waals surface area (Å²) in [5.74, 6) is -1.26. The minimum absolute atomic E-state index is 0.0821. The van der Waals surface area contributed by atoms with Gasteiger partial charge < -0.3 is 9.64 Å². The highest BCUT2D eigenvalue weighted by Gasteiger charge is 2.36. The van der Waals surface area contributed by atoms with Crippen molar-refractivity contribution in [3.63, 3.8) is 0 Å². The Morgan fingerprint density at radius 3 is 2.71 bits per heavy atom. The van der Waals surface area contributed by atoms with Gasteiger partial charge in [-0.15, -0.1) is 0 Å². The average molecular weight is 296 g/mol. The summed E-state index contributed by atoms with van der Waals surface area (Å²) in [7, 11) is 0. The average Bonchev–Trinajstić information content (AvgIpc) is 2.40. The van der Waals surface area contributed by atoms with Crippen molar-refractivity contribution in [2.24, 2.45) is 0 Å². The zero-order valence-electron chi connectivity index (χ0n) is 12.2. The van der Waals surface area contributed by atoms with E-state index in [1.165, 1.54) is 11.8 Å². The molecule has 0 N–H and O–H groups in total. The third-order valence-electron chi connectivity index (χ3n) is 3.57. The second kappa shape index (κ2) is 5.40. The van der Waals surface area contributed by atoms with E-state index in [1.807, 2.05) is 13.8 Å².